The molecular formula is C15H30N2O2. The van der Waals surface area contributed by atoms with Crippen LogP contribution in [0, 0.1) is 5.41 Å². The van der Waals surface area contributed by atoms with E-state index in [2.05, 4.69) is 18.7 Å². The maximum Gasteiger partial charge on any atom is 0.323 e. The molecule has 0 aromatic heterocycles. The summed E-state index contributed by atoms with van der Waals surface area (Å²) in [5, 5.41) is 0. The average molecular weight is 270 g/mol. The molecule has 4 heteroatoms. The zero-order valence-corrected chi connectivity index (χ0v) is 12.8. The summed E-state index contributed by atoms with van der Waals surface area (Å²) in [7, 11) is 0. The van der Waals surface area contributed by atoms with Crippen molar-refractivity contribution >= 4 is 5.97 Å². The van der Waals surface area contributed by atoms with Gasteiger partial charge in [-0.15, -0.1) is 0 Å². The minimum absolute atomic E-state index is 0.0188. The van der Waals surface area contributed by atoms with Crippen LogP contribution in [0.1, 0.15) is 52.9 Å². The van der Waals surface area contributed by atoms with Crippen molar-refractivity contribution in [3.05, 3.63) is 0 Å². The van der Waals surface area contributed by atoms with E-state index in [1.54, 1.807) is 0 Å². The van der Waals surface area contributed by atoms with Crippen LogP contribution in [-0.4, -0.2) is 43.2 Å². The van der Waals surface area contributed by atoms with Crippen molar-refractivity contribution in [2.45, 2.75) is 58.9 Å². The number of ether oxygens (including phenoxy) is 1. The second-order valence-electron chi connectivity index (χ2n) is 6.27. The van der Waals surface area contributed by atoms with Gasteiger partial charge in [0.25, 0.3) is 0 Å². The predicted molar refractivity (Wildman–Crippen MR) is 77.9 cm³/mol. The molecule has 1 unspecified atom stereocenters. The minimum Gasteiger partial charge on any atom is -0.465 e. The van der Waals surface area contributed by atoms with Gasteiger partial charge in [-0.2, -0.15) is 0 Å². The van der Waals surface area contributed by atoms with Gasteiger partial charge < -0.3 is 10.5 Å². The lowest BCUT2D eigenvalue weighted by atomic mass is 9.88. The molecule has 0 radical (unpaired) electrons. The molecule has 0 saturated carbocycles. The first-order chi connectivity index (χ1) is 9.00. The Labute approximate surface area is 117 Å². The molecule has 0 aliphatic carbocycles. The first kappa shape index (κ1) is 16.4. The number of esters is 1. The van der Waals surface area contributed by atoms with E-state index in [9.17, 15) is 4.79 Å². The summed E-state index contributed by atoms with van der Waals surface area (Å²) < 4.78 is 5.18. The Hall–Kier alpha value is -0.610. The predicted octanol–water partition coefficient (Wildman–Crippen LogP) is 2.17. The fourth-order valence-electron chi connectivity index (χ4n) is 2.63. The third kappa shape index (κ3) is 5.49. The zero-order chi connectivity index (χ0) is 14.3. The molecule has 112 valence electrons. The fraction of sp³-hybridized carbons (Fsp3) is 0.933. The molecule has 4 nitrogen and oxygen atoms in total. The second kappa shape index (κ2) is 7.85. The summed E-state index contributed by atoms with van der Waals surface area (Å²) in [6.45, 7) is 9.46. The van der Waals surface area contributed by atoms with Crippen molar-refractivity contribution in [1.29, 1.82) is 0 Å². The van der Waals surface area contributed by atoms with Crippen LogP contribution in [0.2, 0.25) is 0 Å². The highest BCUT2D eigenvalue weighted by Crippen LogP contribution is 2.23. The van der Waals surface area contributed by atoms with Gasteiger partial charge in [0.05, 0.1) is 6.61 Å². The summed E-state index contributed by atoms with van der Waals surface area (Å²) >= 11 is 0. The van der Waals surface area contributed by atoms with E-state index in [0.29, 0.717) is 13.2 Å². The first-order valence-electron chi connectivity index (χ1n) is 7.61. The summed E-state index contributed by atoms with van der Waals surface area (Å²) in [4.78, 5) is 14.2. The third-order valence-electron chi connectivity index (χ3n) is 4.02. The van der Waals surface area contributed by atoms with E-state index in [0.717, 1.165) is 38.8 Å². The first-order valence-corrected chi connectivity index (χ1v) is 7.61. The van der Waals surface area contributed by atoms with Gasteiger partial charge in [0.15, 0.2) is 0 Å². The standard InChI is InChI=1S/C15H30N2O2/c1-4-19-14(18)13-8-5-6-10-17(13)11-7-9-15(2,3)12-16/h13H,4-12,16H2,1-3H3. The van der Waals surface area contributed by atoms with Crippen LogP contribution in [0.4, 0.5) is 0 Å². The smallest absolute Gasteiger partial charge is 0.323 e. The van der Waals surface area contributed by atoms with E-state index in [4.69, 9.17) is 10.5 Å². The van der Waals surface area contributed by atoms with Crippen molar-refractivity contribution < 1.29 is 9.53 Å². The topological polar surface area (TPSA) is 55.6 Å². The highest BCUT2D eigenvalue weighted by atomic mass is 16.5. The van der Waals surface area contributed by atoms with Crippen LogP contribution in [-0.2, 0) is 9.53 Å². The molecule has 0 aromatic rings. The Balaban J connectivity index is 2.42. The zero-order valence-electron chi connectivity index (χ0n) is 12.8. The molecule has 1 rings (SSSR count). The van der Waals surface area contributed by atoms with Gasteiger partial charge in [-0.3, -0.25) is 9.69 Å². The van der Waals surface area contributed by atoms with Crippen LogP contribution in [0.25, 0.3) is 0 Å². The van der Waals surface area contributed by atoms with Crippen LogP contribution in [0.3, 0.4) is 0 Å². The number of likely N-dealkylation sites (tertiary alicyclic amines) is 1. The van der Waals surface area contributed by atoms with Gasteiger partial charge in [-0.05, 0) is 57.7 Å². The number of hydrogen-bond acceptors (Lipinski definition) is 4. The van der Waals surface area contributed by atoms with E-state index in [1.807, 2.05) is 6.92 Å². The van der Waals surface area contributed by atoms with E-state index < -0.39 is 0 Å². The molecule has 0 amide bonds. The highest BCUT2D eigenvalue weighted by Gasteiger charge is 2.29. The van der Waals surface area contributed by atoms with Crippen molar-refractivity contribution in [3.8, 4) is 0 Å². The Morgan fingerprint density at radius 1 is 1.42 bits per heavy atom. The Kier molecular flexibility index (Phi) is 6.80. The molecule has 1 heterocycles. The molecule has 0 bridgehead atoms. The lowest BCUT2D eigenvalue weighted by molar-refractivity contribution is -0.150. The number of hydrogen-bond donors (Lipinski definition) is 1. The van der Waals surface area contributed by atoms with Crippen molar-refractivity contribution in [3.63, 3.8) is 0 Å². The summed E-state index contributed by atoms with van der Waals surface area (Å²) in [6, 6.07) is -0.0188. The third-order valence-corrected chi connectivity index (χ3v) is 4.02. The van der Waals surface area contributed by atoms with Gasteiger partial charge in [0.2, 0.25) is 0 Å². The fourth-order valence-corrected chi connectivity index (χ4v) is 2.63. The van der Waals surface area contributed by atoms with Crippen LogP contribution >= 0.6 is 0 Å². The molecule has 1 fully saturated rings. The van der Waals surface area contributed by atoms with Gasteiger partial charge >= 0.3 is 5.97 Å². The lowest BCUT2D eigenvalue weighted by Gasteiger charge is -2.34. The van der Waals surface area contributed by atoms with Crippen molar-refractivity contribution in [2.24, 2.45) is 11.1 Å². The van der Waals surface area contributed by atoms with Gasteiger partial charge in [-0.1, -0.05) is 20.3 Å². The maximum absolute atomic E-state index is 11.9. The number of piperidine rings is 1. The van der Waals surface area contributed by atoms with Crippen molar-refractivity contribution in [1.82, 2.24) is 4.90 Å². The Morgan fingerprint density at radius 2 is 2.16 bits per heavy atom. The number of nitrogens with two attached hydrogens (primary N) is 1. The molecule has 1 aliphatic heterocycles. The monoisotopic (exact) mass is 270 g/mol. The molecule has 2 N–H and O–H groups in total. The van der Waals surface area contributed by atoms with E-state index in [1.165, 1.54) is 6.42 Å². The Bertz CT molecular complexity index is 279. The second-order valence-corrected chi connectivity index (χ2v) is 6.27. The summed E-state index contributed by atoms with van der Waals surface area (Å²) in [6.07, 6.45) is 5.47. The maximum atomic E-state index is 11.9. The molecule has 0 aromatic carbocycles. The average Bonchev–Trinajstić information content (AvgIpc) is 2.39. The number of nitrogens with zero attached hydrogens (tertiary/aromatic N) is 1. The number of carbonyl (C=O) groups excluding carboxylic acids is 1. The number of rotatable bonds is 7. The van der Waals surface area contributed by atoms with Gasteiger partial charge in [0, 0.05) is 0 Å². The van der Waals surface area contributed by atoms with Gasteiger partial charge in [0.1, 0.15) is 6.04 Å². The molecule has 1 atom stereocenters. The summed E-state index contributed by atoms with van der Waals surface area (Å²) in [5.41, 5.74) is 5.96. The van der Waals surface area contributed by atoms with E-state index >= 15 is 0 Å². The molecule has 1 saturated heterocycles. The normalized spacial score (nSPS) is 21.4. The van der Waals surface area contributed by atoms with Crippen LogP contribution in [0.5, 0.6) is 0 Å². The molecule has 1 aliphatic rings. The van der Waals surface area contributed by atoms with E-state index in [-0.39, 0.29) is 17.4 Å². The number of carbonyl (C=O) groups is 1. The molecule has 19 heavy (non-hydrogen) atoms. The van der Waals surface area contributed by atoms with Crippen LogP contribution < -0.4 is 5.73 Å². The summed E-state index contributed by atoms with van der Waals surface area (Å²) in [5.74, 6) is -0.0414. The largest absolute Gasteiger partial charge is 0.465 e. The highest BCUT2D eigenvalue weighted by molar-refractivity contribution is 5.75. The lowest BCUT2D eigenvalue weighted by Crippen LogP contribution is -2.46. The molecule has 0 spiro atoms. The van der Waals surface area contributed by atoms with Crippen LogP contribution in [0.15, 0.2) is 0 Å². The van der Waals surface area contributed by atoms with Crippen molar-refractivity contribution in [2.75, 3.05) is 26.2 Å². The van der Waals surface area contributed by atoms with Gasteiger partial charge in [-0.25, -0.2) is 0 Å². The quantitative estimate of drug-likeness (QED) is 0.720. The molecular weight excluding hydrogens is 240 g/mol. The minimum atomic E-state index is -0.0414. The Morgan fingerprint density at radius 3 is 2.79 bits per heavy atom. The SMILES string of the molecule is CCOC(=O)C1CCCCN1CCCC(C)(C)CN.